The van der Waals surface area contributed by atoms with Crippen LogP contribution in [0.2, 0.25) is 0 Å². The molecule has 0 spiro atoms. The van der Waals surface area contributed by atoms with Crippen LogP contribution in [0.15, 0.2) is 0 Å². The summed E-state index contributed by atoms with van der Waals surface area (Å²) in [6.45, 7) is 13.9. The Morgan fingerprint density at radius 3 is 0.971 bits per heavy atom. The number of hydrogen-bond donors (Lipinski definition) is 3. The van der Waals surface area contributed by atoms with Crippen molar-refractivity contribution in [3.05, 3.63) is 0 Å². The van der Waals surface area contributed by atoms with Crippen LogP contribution in [0.25, 0.3) is 0 Å². The van der Waals surface area contributed by atoms with E-state index >= 15 is 0 Å². The number of aromatic nitrogens is 6. The molecule has 3 aromatic heterocycles. The van der Waals surface area contributed by atoms with Gasteiger partial charge in [0.05, 0.1) is 39.6 Å². The molecule has 3 N–H and O–H groups in total. The molecule has 3 heterocycles. The Morgan fingerprint density at radius 1 is 0.471 bits per heavy atom. The lowest BCUT2D eigenvalue weighted by atomic mass is 10.6. The summed E-state index contributed by atoms with van der Waals surface area (Å²) >= 11 is 0. The molecular formula is C21H33N6O6P. The Hall–Kier alpha value is -3.14. The number of ether oxygens (including phenoxy) is 6. The number of nitrogens with zero attached hydrogens (tertiary/aromatic N) is 3. The molecule has 0 atom stereocenters. The molecular weight excluding hydrogens is 463 g/mol. The maximum absolute atomic E-state index is 5.93. The van der Waals surface area contributed by atoms with E-state index in [1.54, 1.807) is 0 Å². The SMILES string of the molecule is CCOc1n[nH]c(OCC)c1P(c1c(OCC)n[nH]c1OCC)c1c(OCC)n[nH]c1OCC. The van der Waals surface area contributed by atoms with Crippen LogP contribution in [0.4, 0.5) is 0 Å². The predicted octanol–water partition coefficient (Wildman–Crippen LogP) is 2.01. The molecule has 0 saturated carbocycles. The van der Waals surface area contributed by atoms with Gasteiger partial charge in [-0.15, -0.1) is 15.3 Å². The third-order valence-electron chi connectivity index (χ3n) is 4.41. The van der Waals surface area contributed by atoms with Crippen LogP contribution < -0.4 is 44.3 Å². The van der Waals surface area contributed by atoms with E-state index in [0.29, 0.717) is 90.8 Å². The molecule has 0 unspecified atom stereocenters. The average molecular weight is 497 g/mol. The molecule has 13 heteroatoms. The third kappa shape index (κ3) is 5.16. The van der Waals surface area contributed by atoms with E-state index in [-0.39, 0.29) is 0 Å². The van der Waals surface area contributed by atoms with Crippen molar-refractivity contribution in [1.82, 2.24) is 30.6 Å². The first-order chi connectivity index (χ1) is 16.6. The minimum Gasteiger partial charge on any atom is -0.478 e. The van der Waals surface area contributed by atoms with Gasteiger partial charge in [0.2, 0.25) is 35.3 Å². The Bertz CT molecular complexity index is 836. The molecule has 0 amide bonds. The Balaban J connectivity index is 2.38. The average Bonchev–Trinajstić information content (AvgIpc) is 3.51. The Kier molecular flexibility index (Phi) is 9.26. The van der Waals surface area contributed by atoms with Gasteiger partial charge in [-0.05, 0) is 41.5 Å². The lowest BCUT2D eigenvalue weighted by molar-refractivity contribution is 0.327. The van der Waals surface area contributed by atoms with Crippen molar-refractivity contribution < 1.29 is 28.4 Å². The van der Waals surface area contributed by atoms with Crippen molar-refractivity contribution in [3.8, 4) is 35.3 Å². The molecule has 0 fully saturated rings. The summed E-state index contributed by atoms with van der Waals surface area (Å²) in [5.41, 5.74) is 0. The number of nitrogens with one attached hydrogen (secondary N) is 3. The maximum atomic E-state index is 5.93. The molecule has 0 aliphatic carbocycles. The summed E-state index contributed by atoms with van der Waals surface area (Å²) in [7, 11) is -1.56. The first-order valence-electron chi connectivity index (χ1n) is 11.5. The standard InChI is InChI=1S/C21H33N6O6P/c1-7-28-16-13(17(23-22-16)29-8-2)34(14-18(30-9-3)24-25-19(14)31-10-4)15-20(32-11-5)26-27-21(15)33-12-6/h7-12H2,1-6H3,(H,22,23)(H,24,25)(H,26,27). The minimum absolute atomic E-state index is 0.397. The van der Waals surface area contributed by atoms with Crippen molar-refractivity contribution >= 4 is 23.8 Å². The molecule has 3 aromatic rings. The summed E-state index contributed by atoms with van der Waals surface area (Å²) in [6.07, 6.45) is 0. The van der Waals surface area contributed by atoms with Crippen LogP contribution in [0.1, 0.15) is 41.5 Å². The Labute approximate surface area is 199 Å². The molecule has 0 aromatic carbocycles. The van der Waals surface area contributed by atoms with Crippen molar-refractivity contribution in [2.45, 2.75) is 41.5 Å². The molecule has 188 valence electrons. The van der Waals surface area contributed by atoms with Gasteiger partial charge in [-0.2, -0.15) is 0 Å². The van der Waals surface area contributed by atoms with Crippen LogP contribution in [-0.4, -0.2) is 70.2 Å². The van der Waals surface area contributed by atoms with E-state index in [2.05, 4.69) is 30.6 Å². The summed E-state index contributed by atoms with van der Waals surface area (Å²) in [4.78, 5) is 0. The molecule has 34 heavy (non-hydrogen) atoms. The number of aromatic amines is 3. The van der Waals surface area contributed by atoms with Crippen molar-refractivity contribution in [1.29, 1.82) is 0 Å². The number of H-pyrrole nitrogens is 3. The van der Waals surface area contributed by atoms with Crippen LogP contribution in [0.3, 0.4) is 0 Å². The van der Waals surface area contributed by atoms with Crippen LogP contribution >= 0.6 is 7.92 Å². The quantitative estimate of drug-likeness (QED) is 0.269. The van der Waals surface area contributed by atoms with Gasteiger partial charge in [-0.1, -0.05) is 0 Å². The second-order valence-electron chi connectivity index (χ2n) is 6.55. The monoisotopic (exact) mass is 496 g/mol. The fraction of sp³-hybridized carbons (Fsp3) is 0.571. The number of rotatable bonds is 15. The zero-order valence-electron chi connectivity index (χ0n) is 20.5. The molecule has 12 nitrogen and oxygen atoms in total. The van der Waals surface area contributed by atoms with Crippen LogP contribution in [0.5, 0.6) is 35.3 Å². The van der Waals surface area contributed by atoms with E-state index in [0.717, 1.165) is 0 Å². The van der Waals surface area contributed by atoms with Crippen molar-refractivity contribution in [3.63, 3.8) is 0 Å². The molecule has 3 rings (SSSR count). The normalized spacial score (nSPS) is 11.0. The van der Waals surface area contributed by atoms with E-state index in [1.807, 2.05) is 41.5 Å². The highest BCUT2D eigenvalue weighted by Gasteiger charge is 2.40. The summed E-state index contributed by atoms with van der Waals surface area (Å²) in [6, 6.07) is 0. The second kappa shape index (κ2) is 12.4. The zero-order valence-corrected chi connectivity index (χ0v) is 21.4. The zero-order chi connectivity index (χ0) is 24.5. The van der Waals surface area contributed by atoms with Gasteiger partial charge in [0.15, 0.2) is 0 Å². The molecule has 0 saturated heterocycles. The highest BCUT2D eigenvalue weighted by molar-refractivity contribution is 7.81. The van der Waals surface area contributed by atoms with Gasteiger partial charge in [0.25, 0.3) is 0 Å². The second-order valence-corrected chi connectivity index (χ2v) is 8.57. The fourth-order valence-electron chi connectivity index (χ4n) is 3.29. The lowest BCUT2D eigenvalue weighted by Crippen LogP contribution is -2.26. The third-order valence-corrected chi connectivity index (χ3v) is 6.93. The summed E-state index contributed by atoms with van der Waals surface area (Å²) in [5.74, 6) is 2.59. The smallest absolute Gasteiger partial charge is 0.245 e. The largest absolute Gasteiger partial charge is 0.478 e. The first-order valence-corrected chi connectivity index (χ1v) is 12.8. The number of hydrogen-bond acceptors (Lipinski definition) is 9. The van der Waals surface area contributed by atoms with E-state index in [4.69, 9.17) is 28.4 Å². The van der Waals surface area contributed by atoms with Gasteiger partial charge in [0.1, 0.15) is 15.9 Å². The van der Waals surface area contributed by atoms with E-state index in [1.165, 1.54) is 0 Å². The van der Waals surface area contributed by atoms with Crippen LogP contribution in [0, 0.1) is 0 Å². The van der Waals surface area contributed by atoms with Crippen molar-refractivity contribution in [2.75, 3.05) is 39.6 Å². The van der Waals surface area contributed by atoms with Gasteiger partial charge < -0.3 is 28.4 Å². The van der Waals surface area contributed by atoms with Gasteiger partial charge in [-0.25, -0.2) is 15.3 Å². The summed E-state index contributed by atoms with van der Waals surface area (Å²) < 4.78 is 35.5. The topological polar surface area (TPSA) is 141 Å². The Morgan fingerprint density at radius 2 is 0.735 bits per heavy atom. The van der Waals surface area contributed by atoms with Crippen molar-refractivity contribution in [2.24, 2.45) is 0 Å². The first kappa shape index (κ1) is 25.5. The van der Waals surface area contributed by atoms with Gasteiger partial charge in [0, 0.05) is 7.92 Å². The minimum atomic E-state index is -1.56. The lowest BCUT2D eigenvalue weighted by Gasteiger charge is -2.21. The predicted molar refractivity (Wildman–Crippen MR) is 129 cm³/mol. The highest BCUT2D eigenvalue weighted by atomic mass is 31.1. The van der Waals surface area contributed by atoms with Crippen LogP contribution in [-0.2, 0) is 0 Å². The molecule has 0 aliphatic heterocycles. The highest BCUT2D eigenvalue weighted by Crippen LogP contribution is 2.48. The van der Waals surface area contributed by atoms with Gasteiger partial charge in [-0.3, -0.25) is 0 Å². The molecule has 0 radical (unpaired) electrons. The molecule has 0 bridgehead atoms. The summed E-state index contributed by atoms with van der Waals surface area (Å²) in [5, 5.41) is 24.1. The van der Waals surface area contributed by atoms with E-state index in [9.17, 15) is 0 Å². The fourth-order valence-corrected chi connectivity index (χ4v) is 5.83. The van der Waals surface area contributed by atoms with E-state index < -0.39 is 7.92 Å². The van der Waals surface area contributed by atoms with Gasteiger partial charge >= 0.3 is 0 Å². The molecule has 0 aliphatic rings. The maximum Gasteiger partial charge on any atom is 0.245 e.